The Morgan fingerprint density at radius 2 is 0.980 bits per heavy atom. The van der Waals surface area contributed by atoms with Crippen molar-refractivity contribution in [3.8, 4) is 33.6 Å². The molecule has 0 spiro atoms. The number of para-hydroxylation sites is 3. The van der Waals surface area contributed by atoms with Gasteiger partial charge < -0.3 is 9.13 Å². The van der Waals surface area contributed by atoms with Gasteiger partial charge in [0, 0.05) is 44.7 Å². The maximum atomic E-state index is 4.95. The van der Waals surface area contributed by atoms with Gasteiger partial charge in [-0.2, -0.15) is 0 Å². The minimum atomic E-state index is 0.0852. The van der Waals surface area contributed by atoms with Crippen molar-refractivity contribution in [3.05, 3.63) is 199 Å². The van der Waals surface area contributed by atoms with E-state index in [1.165, 1.54) is 82.7 Å². The van der Waals surface area contributed by atoms with E-state index in [4.69, 9.17) is 4.98 Å². The smallest absolute Gasteiger partial charge is 0.0601 e. The molecule has 3 heterocycles. The first kappa shape index (κ1) is 28.2. The molecule has 0 saturated heterocycles. The van der Waals surface area contributed by atoms with Gasteiger partial charge in [-0.05, 0) is 88.5 Å². The molecule has 0 saturated carbocycles. The molecule has 1 atom stereocenters. The van der Waals surface area contributed by atoms with Crippen LogP contribution in [0.25, 0.3) is 77.2 Å². The van der Waals surface area contributed by atoms with Crippen molar-refractivity contribution in [2.24, 2.45) is 0 Å². The van der Waals surface area contributed by atoms with Crippen molar-refractivity contribution >= 4 is 43.6 Å². The Balaban J connectivity index is 1.04. The Labute approximate surface area is 295 Å². The van der Waals surface area contributed by atoms with Crippen molar-refractivity contribution in [1.82, 2.24) is 14.1 Å². The van der Waals surface area contributed by atoms with E-state index in [9.17, 15) is 0 Å². The second-order valence-corrected chi connectivity index (χ2v) is 13.6. The zero-order valence-electron chi connectivity index (χ0n) is 27.7. The van der Waals surface area contributed by atoms with Crippen LogP contribution in [0.3, 0.4) is 0 Å². The summed E-state index contributed by atoms with van der Waals surface area (Å²) in [6.45, 7) is 0. The third kappa shape index (κ3) is 4.15. The average molecular weight is 650 g/mol. The number of hydrogen-bond acceptors (Lipinski definition) is 1. The molecular formula is C48H31N3. The van der Waals surface area contributed by atoms with Gasteiger partial charge in [-0.15, -0.1) is 0 Å². The molecule has 7 aromatic carbocycles. The molecule has 0 fully saturated rings. The molecule has 3 aromatic heterocycles. The van der Waals surface area contributed by atoms with E-state index in [2.05, 4.69) is 185 Å². The summed E-state index contributed by atoms with van der Waals surface area (Å²) in [5.74, 6) is 0.0852. The molecule has 1 unspecified atom stereocenters. The van der Waals surface area contributed by atoms with Gasteiger partial charge in [0.05, 0.1) is 33.7 Å². The molecule has 3 heteroatoms. The van der Waals surface area contributed by atoms with Crippen LogP contribution < -0.4 is 0 Å². The van der Waals surface area contributed by atoms with Gasteiger partial charge >= 0.3 is 0 Å². The Morgan fingerprint density at radius 3 is 1.69 bits per heavy atom. The first-order valence-electron chi connectivity index (χ1n) is 17.6. The van der Waals surface area contributed by atoms with Gasteiger partial charge in [0.2, 0.25) is 0 Å². The van der Waals surface area contributed by atoms with Crippen molar-refractivity contribution in [2.45, 2.75) is 5.92 Å². The van der Waals surface area contributed by atoms with Gasteiger partial charge in [0.25, 0.3) is 0 Å². The van der Waals surface area contributed by atoms with Gasteiger partial charge in [0.1, 0.15) is 0 Å². The number of nitrogens with zero attached hydrogens (tertiary/aromatic N) is 3. The lowest BCUT2D eigenvalue weighted by Gasteiger charge is -2.15. The summed E-state index contributed by atoms with van der Waals surface area (Å²) >= 11 is 0. The molecule has 0 aliphatic heterocycles. The fraction of sp³-hybridized carbons (Fsp3) is 0.0208. The van der Waals surface area contributed by atoms with E-state index in [-0.39, 0.29) is 5.92 Å². The van der Waals surface area contributed by atoms with Gasteiger partial charge in [-0.1, -0.05) is 115 Å². The molecule has 1 aliphatic rings. The van der Waals surface area contributed by atoms with Crippen LogP contribution in [0.2, 0.25) is 0 Å². The lowest BCUT2D eigenvalue weighted by Crippen LogP contribution is -2.02. The van der Waals surface area contributed by atoms with E-state index < -0.39 is 0 Å². The molecular weight excluding hydrogens is 619 g/mol. The number of pyridine rings is 1. The third-order valence-corrected chi connectivity index (χ3v) is 10.9. The summed E-state index contributed by atoms with van der Waals surface area (Å²) in [6.07, 6.45) is 1.93. The van der Waals surface area contributed by atoms with E-state index in [1.807, 2.05) is 6.20 Å². The fourth-order valence-corrected chi connectivity index (χ4v) is 8.61. The quantitative estimate of drug-likeness (QED) is 0.186. The Bertz CT molecular complexity index is 2910. The minimum Gasteiger partial charge on any atom is -0.309 e. The molecule has 11 rings (SSSR count). The minimum absolute atomic E-state index is 0.0852. The third-order valence-electron chi connectivity index (χ3n) is 10.9. The van der Waals surface area contributed by atoms with Crippen LogP contribution in [0.1, 0.15) is 22.7 Å². The van der Waals surface area contributed by atoms with Crippen LogP contribution in [0.4, 0.5) is 0 Å². The van der Waals surface area contributed by atoms with Gasteiger partial charge in [0.15, 0.2) is 0 Å². The Morgan fingerprint density at radius 1 is 0.392 bits per heavy atom. The number of rotatable bonds is 4. The molecule has 0 N–H and O–H groups in total. The van der Waals surface area contributed by atoms with Gasteiger partial charge in [-0.3, -0.25) is 4.98 Å². The lowest BCUT2D eigenvalue weighted by molar-refractivity contribution is 0.952. The highest BCUT2D eigenvalue weighted by Gasteiger charge is 2.31. The van der Waals surface area contributed by atoms with Crippen LogP contribution in [-0.2, 0) is 0 Å². The van der Waals surface area contributed by atoms with E-state index in [1.54, 1.807) is 0 Å². The second-order valence-electron chi connectivity index (χ2n) is 13.6. The first-order valence-corrected chi connectivity index (χ1v) is 17.6. The lowest BCUT2D eigenvalue weighted by atomic mass is 9.90. The maximum absolute atomic E-state index is 4.95. The van der Waals surface area contributed by atoms with Crippen molar-refractivity contribution in [1.29, 1.82) is 0 Å². The standard InChI is InChI=1S/C48H31N3/c1-2-11-31(12-3-1)33-22-26-39-41(29-33)40-16-10-28-49-48(40)47(39)32-20-23-34(24-21-32)50-45-19-9-6-15-38(45)42-30-35(25-27-46(42)50)51-43-17-7-4-13-36(43)37-14-5-8-18-44(37)51/h1-30,47H. The summed E-state index contributed by atoms with van der Waals surface area (Å²) in [6, 6.07) is 64.1. The molecule has 0 bridgehead atoms. The molecule has 0 amide bonds. The van der Waals surface area contributed by atoms with Crippen LogP contribution in [0.15, 0.2) is 182 Å². The number of fused-ring (bicyclic) bond motifs is 9. The van der Waals surface area contributed by atoms with E-state index >= 15 is 0 Å². The zero-order valence-corrected chi connectivity index (χ0v) is 27.7. The number of benzene rings is 7. The summed E-state index contributed by atoms with van der Waals surface area (Å²) in [4.78, 5) is 4.95. The predicted octanol–water partition coefficient (Wildman–Crippen LogP) is 12.1. The second kappa shape index (κ2) is 10.9. The van der Waals surface area contributed by atoms with Crippen molar-refractivity contribution in [3.63, 3.8) is 0 Å². The molecule has 10 aromatic rings. The summed E-state index contributed by atoms with van der Waals surface area (Å²) in [5.41, 5.74) is 15.8. The molecule has 0 radical (unpaired) electrons. The Hall–Kier alpha value is -6.71. The number of aromatic nitrogens is 3. The monoisotopic (exact) mass is 649 g/mol. The topological polar surface area (TPSA) is 22.8 Å². The van der Waals surface area contributed by atoms with Crippen LogP contribution in [-0.4, -0.2) is 14.1 Å². The maximum Gasteiger partial charge on any atom is 0.0601 e. The normalized spacial score (nSPS) is 13.7. The fourth-order valence-electron chi connectivity index (χ4n) is 8.61. The Kier molecular flexibility index (Phi) is 6.02. The van der Waals surface area contributed by atoms with Gasteiger partial charge in [-0.25, -0.2) is 0 Å². The molecule has 1 aliphatic carbocycles. The SMILES string of the molecule is c1ccc(-c2ccc3c(c2)-c2cccnc2C3c2ccc(-n3c4ccccc4c4cc(-n5c6ccccc6c6ccccc65)ccc43)cc2)cc1. The summed E-state index contributed by atoms with van der Waals surface area (Å²) in [5, 5.41) is 5.03. The van der Waals surface area contributed by atoms with E-state index in [0.717, 1.165) is 11.4 Å². The van der Waals surface area contributed by atoms with Crippen LogP contribution >= 0.6 is 0 Å². The average Bonchev–Trinajstić information content (AvgIpc) is 3.84. The van der Waals surface area contributed by atoms with E-state index in [0.29, 0.717) is 0 Å². The van der Waals surface area contributed by atoms with Crippen molar-refractivity contribution < 1.29 is 0 Å². The highest BCUT2D eigenvalue weighted by Crippen LogP contribution is 2.48. The van der Waals surface area contributed by atoms with Crippen molar-refractivity contribution in [2.75, 3.05) is 0 Å². The molecule has 3 nitrogen and oxygen atoms in total. The van der Waals surface area contributed by atoms with Crippen LogP contribution in [0.5, 0.6) is 0 Å². The first-order chi connectivity index (χ1) is 25.3. The highest BCUT2D eigenvalue weighted by atomic mass is 15.0. The largest absolute Gasteiger partial charge is 0.309 e. The zero-order chi connectivity index (χ0) is 33.5. The summed E-state index contributed by atoms with van der Waals surface area (Å²) < 4.78 is 4.81. The highest BCUT2D eigenvalue weighted by molar-refractivity contribution is 6.12. The molecule has 51 heavy (non-hydrogen) atoms. The molecule has 238 valence electrons. The summed E-state index contributed by atoms with van der Waals surface area (Å²) in [7, 11) is 0. The number of hydrogen-bond donors (Lipinski definition) is 0. The predicted molar refractivity (Wildman–Crippen MR) is 211 cm³/mol. The van der Waals surface area contributed by atoms with Crippen LogP contribution in [0, 0.1) is 0 Å².